The van der Waals surface area contributed by atoms with Crippen LogP contribution >= 0.6 is 0 Å². The standard InChI is InChI=1S/C36H44N2O5/c1-9-38-25-16-35(4,5)18-27(39)33(25)32(34-26(38)17-36(6,7)19-28(34)40)23-13-14-29(30(15-23)42-8)43-20-31(41)37-24-12-10-11-21(2)22(24)3/h10-15,32H,9,16-20H2,1-8H3,(H,37,41). The van der Waals surface area contributed by atoms with Gasteiger partial charge < -0.3 is 19.7 Å². The van der Waals surface area contributed by atoms with Crippen molar-refractivity contribution in [2.75, 3.05) is 25.6 Å². The smallest absolute Gasteiger partial charge is 0.262 e. The van der Waals surface area contributed by atoms with Gasteiger partial charge in [0.2, 0.25) is 0 Å². The fourth-order valence-corrected chi connectivity index (χ4v) is 6.96. The third kappa shape index (κ3) is 5.86. The van der Waals surface area contributed by atoms with E-state index in [0.717, 1.165) is 57.8 Å². The van der Waals surface area contributed by atoms with Gasteiger partial charge >= 0.3 is 0 Å². The Hall–Kier alpha value is -3.87. The number of carbonyl (C=O) groups is 3. The molecule has 3 aliphatic rings. The second-order valence-electron chi connectivity index (χ2n) is 13.8. The number of aryl methyl sites for hydroxylation is 1. The molecule has 0 spiro atoms. The lowest BCUT2D eigenvalue weighted by Crippen LogP contribution is -2.44. The molecule has 0 unspecified atom stereocenters. The van der Waals surface area contributed by atoms with Crippen LogP contribution in [0.25, 0.3) is 0 Å². The number of hydrogen-bond acceptors (Lipinski definition) is 6. The van der Waals surface area contributed by atoms with Crippen LogP contribution in [0.4, 0.5) is 5.69 Å². The van der Waals surface area contributed by atoms with Gasteiger partial charge in [0, 0.05) is 53.5 Å². The molecule has 2 aromatic carbocycles. The van der Waals surface area contributed by atoms with Crippen LogP contribution < -0.4 is 14.8 Å². The molecule has 0 saturated carbocycles. The normalized spacial score (nSPS) is 19.7. The maximum Gasteiger partial charge on any atom is 0.262 e. The molecule has 0 bridgehead atoms. The molecule has 0 fully saturated rings. The Kier molecular flexibility index (Phi) is 8.05. The van der Waals surface area contributed by atoms with Crippen molar-refractivity contribution in [2.45, 2.75) is 80.1 Å². The van der Waals surface area contributed by atoms with Crippen molar-refractivity contribution >= 4 is 23.2 Å². The molecule has 7 heteroatoms. The van der Waals surface area contributed by atoms with Gasteiger partial charge in [0.05, 0.1) is 7.11 Å². The van der Waals surface area contributed by atoms with Crippen molar-refractivity contribution < 1.29 is 23.9 Å². The highest BCUT2D eigenvalue weighted by molar-refractivity contribution is 6.07. The Morgan fingerprint density at radius 1 is 0.907 bits per heavy atom. The Bertz CT molecular complexity index is 1510. The van der Waals surface area contributed by atoms with Crippen LogP contribution in [0.3, 0.4) is 0 Å². The van der Waals surface area contributed by atoms with Gasteiger partial charge in [0.1, 0.15) is 0 Å². The first kappa shape index (κ1) is 30.6. The van der Waals surface area contributed by atoms with E-state index in [1.54, 1.807) is 13.2 Å². The van der Waals surface area contributed by atoms with E-state index in [4.69, 9.17) is 9.47 Å². The highest BCUT2D eigenvalue weighted by Gasteiger charge is 2.48. The largest absolute Gasteiger partial charge is 0.493 e. The molecule has 228 valence electrons. The van der Waals surface area contributed by atoms with E-state index in [0.29, 0.717) is 30.9 Å². The second kappa shape index (κ2) is 11.3. The molecule has 0 atom stereocenters. The van der Waals surface area contributed by atoms with E-state index < -0.39 is 5.92 Å². The van der Waals surface area contributed by atoms with Gasteiger partial charge in [-0.05, 0) is 79.3 Å². The predicted molar refractivity (Wildman–Crippen MR) is 168 cm³/mol. The number of Topliss-reactive ketones (excluding diaryl/α,β-unsaturated/α-hetero) is 2. The average Bonchev–Trinajstić information content (AvgIpc) is 2.92. The fraction of sp³-hybridized carbons (Fsp3) is 0.472. The summed E-state index contributed by atoms with van der Waals surface area (Å²) in [5.41, 5.74) is 6.91. The number of benzene rings is 2. The zero-order chi connectivity index (χ0) is 31.3. The zero-order valence-electron chi connectivity index (χ0n) is 26.8. The minimum atomic E-state index is -0.462. The summed E-state index contributed by atoms with van der Waals surface area (Å²) in [6, 6.07) is 11.3. The van der Waals surface area contributed by atoms with Gasteiger partial charge in [-0.15, -0.1) is 0 Å². The van der Waals surface area contributed by atoms with Gasteiger partial charge in [0.15, 0.2) is 29.7 Å². The molecule has 1 N–H and O–H groups in total. The number of allylic oxidation sites excluding steroid dienone is 4. The van der Waals surface area contributed by atoms with Gasteiger partial charge in [0.25, 0.3) is 5.91 Å². The van der Waals surface area contributed by atoms with E-state index in [1.165, 1.54) is 0 Å². The molecular weight excluding hydrogens is 540 g/mol. The number of ether oxygens (including phenoxy) is 2. The number of carbonyl (C=O) groups excluding carboxylic acids is 3. The Morgan fingerprint density at radius 3 is 2.07 bits per heavy atom. The van der Waals surface area contributed by atoms with Crippen LogP contribution in [0.5, 0.6) is 11.5 Å². The van der Waals surface area contributed by atoms with Crippen molar-refractivity contribution in [2.24, 2.45) is 10.8 Å². The van der Waals surface area contributed by atoms with Crippen LogP contribution in [0, 0.1) is 24.7 Å². The lowest BCUT2D eigenvalue weighted by Gasteiger charge is -2.48. The van der Waals surface area contributed by atoms with Crippen molar-refractivity contribution in [3.63, 3.8) is 0 Å². The number of anilines is 1. The lowest BCUT2D eigenvalue weighted by molar-refractivity contribution is -0.120. The van der Waals surface area contributed by atoms with Crippen LogP contribution in [0.1, 0.15) is 82.9 Å². The number of nitrogens with zero attached hydrogens (tertiary/aromatic N) is 1. The van der Waals surface area contributed by atoms with Gasteiger partial charge in [-0.25, -0.2) is 0 Å². The second-order valence-corrected chi connectivity index (χ2v) is 13.8. The molecule has 43 heavy (non-hydrogen) atoms. The molecule has 0 aromatic heterocycles. The van der Waals surface area contributed by atoms with Gasteiger partial charge in [-0.3, -0.25) is 14.4 Å². The average molecular weight is 585 g/mol. The summed E-state index contributed by atoms with van der Waals surface area (Å²) in [4.78, 5) is 42.7. The quantitative estimate of drug-likeness (QED) is 0.376. The Labute approximate surface area is 255 Å². The predicted octanol–water partition coefficient (Wildman–Crippen LogP) is 7.04. The molecule has 7 nitrogen and oxygen atoms in total. The minimum Gasteiger partial charge on any atom is -0.493 e. The van der Waals surface area contributed by atoms with E-state index in [9.17, 15) is 14.4 Å². The number of ketones is 2. The maximum atomic E-state index is 13.9. The molecular formula is C36H44N2O5. The molecule has 1 heterocycles. The number of rotatable bonds is 7. The summed E-state index contributed by atoms with van der Waals surface area (Å²) in [6.45, 7) is 15.1. The van der Waals surface area contributed by atoms with E-state index >= 15 is 0 Å². The van der Waals surface area contributed by atoms with Crippen LogP contribution in [-0.4, -0.2) is 42.6 Å². The molecule has 5 rings (SSSR count). The van der Waals surface area contributed by atoms with E-state index in [1.807, 2.05) is 44.2 Å². The Morgan fingerprint density at radius 2 is 1.51 bits per heavy atom. The first-order valence-electron chi connectivity index (χ1n) is 15.2. The lowest BCUT2D eigenvalue weighted by atomic mass is 9.63. The van der Waals surface area contributed by atoms with E-state index in [-0.39, 0.29) is 34.9 Å². The highest BCUT2D eigenvalue weighted by Crippen LogP contribution is 2.54. The third-order valence-corrected chi connectivity index (χ3v) is 9.10. The third-order valence-electron chi connectivity index (χ3n) is 9.10. The molecule has 1 amide bonds. The summed E-state index contributed by atoms with van der Waals surface area (Å²) in [6.07, 6.45) is 2.43. The Balaban J connectivity index is 1.50. The number of methoxy groups -OCH3 is 1. The van der Waals surface area contributed by atoms with Crippen LogP contribution in [0.2, 0.25) is 0 Å². The molecule has 2 aromatic rings. The van der Waals surface area contributed by atoms with Crippen molar-refractivity contribution in [3.05, 3.63) is 75.6 Å². The fourth-order valence-electron chi connectivity index (χ4n) is 6.96. The van der Waals surface area contributed by atoms with Gasteiger partial charge in [-0.1, -0.05) is 45.9 Å². The molecule has 1 aliphatic heterocycles. The highest BCUT2D eigenvalue weighted by atomic mass is 16.5. The van der Waals surface area contributed by atoms with Crippen molar-refractivity contribution in [1.82, 2.24) is 4.90 Å². The summed E-state index contributed by atoms with van der Waals surface area (Å²) in [5.74, 6) is 0.329. The number of nitrogens with one attached hydrogen (secondary N) is 1. The monoisotopic (exact) mass is 584 g/mol. The summed E-state index contributed by atoms with van der Waals surface area (Å²) in [7, 11) is 1.56. The molecule has 0 radical (unpaired) electrons. The van der Waals surface area contributed by atoms with Crippen molar-refractivity contribution in [3.8, 4) is 11.5 Å². The van der Waals surface area contributed by atoms with E-state index in [2.05, 4.69) is 44.8 Å². The molecule has 2 aliphatic carbocycles. The van der Waals surface area contributed by atoms with Gasteiger partial charge in [-0.2, -0.15) is 0 Å². The van der Waals surface area contributed by atoms with Crippen LogP contribution in [-0.2, 0) is 14.4 Å². The number of hydrogen-bond donors (Lipinski definition) is 1. The summed E-state index contributed by atoms with van der Waals surface area (Å²) in [5, 5.41) is 2.92. The maximum absolute atomic E-state index is 13.9. The van der Waals surface area contributed by atoms with Crippen molar-refractivity contribution in [1.29, 1.82) is 0 Å². The zero-order valence-corrected chi connectivity index (χ0v) is 26.8. The summed E-state index contributed by atoms with van der Waals surface area (Å²) < 4.78 is 11.6. The topological polar surface area (TPSA) is 84.9 Å². The number of amides is 1. The van der Waals surface area contributed by atoms with Crippen LogP contribution in [0.15, 0.2) is 58.9 Å². The first-order chi connectivity index (χ1) is 20.2. The minimum absolute atomic E-state index is 0.0984. The molecule has 0 saturated heterocycles. The summed E-state index contributed by atoms with van der Waals surface area (Å²) >= 11 is 0. The first-order valence-corrected chi connectivity index (χ1v) is 15.2. The SMILES string of the molecule is CCN1C2=C(C(=O)CC(C)(C)C2)C(c2ccc(OCC(=O)Nc3cccc(C)c3C)c(OC)c2)C2=C1CC(C)(C)CC2=O.